The lowest BCUT2D eigenvalue weighted by Gasteiger charge is -2.14. The van der Waals surface area contributed by atoms with Crippen LogP contribution >= 0.6 is 11.3 Å². The fourth-order valence-corrected chi connectivity index (χ4v) is 2.43. The molecule has 8 heteroatoms. The molecule has 0 aliphatic rings. The first-order chi connectivity index (χ1) is 10.5. The number of nitrogens with zero attached hydrogens (tertiary/aromatic N) is 3. The van der Waals surface area contributed by atoms with Crippen LogP contribution in [0.5, 0.6) is 0 Å². The Labute approximate surface area is 132 Å². The third kappa shape index (κ3) is 4.95. The summed E-state index contributed by atoms with van der Waals surface area (Å²) in [4.78, 5) is 28.9. The van der Waals surface area contributed by atoms with Gasteiger partial charge in [-0.3, -0.25) is 9.69 Å². The average molecular weight is 323 g/mol. The quantitative estimate of drug-likeness (QED) is 0.327. The molecule has 1 aromatic rings. The van der Waals surface area contributed by atoms with E-state index in [0.717, 1.165) is 0 Å². The van der Waals surface area contributed by atoms with Gasteiger partial charge in [-0.05, 0) is 13.0 Å². The van der Waals surface area contributed by atoms with Gasteiger partial charge < -0.3 is 9.47 Å². The summed E-state index contributed by atoms with van der Waals surface area (Å²) < 4.78 is 9.64. The molecule has 0 spiro atoms. The number of methoxy groups -OCH3 is 1. The molecule has 0 atom stereocenters. The van der Waals surface area contributed by atoms with Gasteiger partial charge >= 0.3 is 5.97 Å². The van der Waals surface area contributed by atoms with Crippen molar-refractivity contribution in [2.24, 2.45) is 0 Å². The Morgan fingerprint density at radius 1 is 1.50 bits per heavy atom. The zero-order valence-corrected chi connectivity index (χ0v) is 13.5. The van der Waals surface area contributed by atoms with Crippen molar-refractivity contribution in [3.63, 3.8) is 0 Å². The van der Waals surface area contributed by atoms with Gasteiger partial charge in [0.25, 0.3) is 0 Å². The highest BCUT2D eigenvalue weighted by Gasteiger charge is 2.15. The second-order valence-corrected chi connectivity index (χ2v) is 4.95. The highest BCUT2D eigenvalue weighted by Crippen LogP contribution is 2.22. The van der Waals surface area contributed by atoms with Crippen LogP contribution in [0.3, 0.4) is 0 Å². The molecule has 0 aromatic carbocycles. The predicted octanol–water partition coefficient (Wildman–Crippen LogP) is 1.61. The third-order valence-corrected chi connectivity index (χ3v) is 3.47. The Bertz CT molecular complexity index is 603. The molecule has 0 saturated carbocycles. The Hall–Kier alpha value is -2.24. The lowest BCUT2D eigenvalue weighted by molar-refractivity contribution is -0.139. The molecule has 0 aliphatic carbocycles. The van der Waals surface area contributed by atoms with Crippen molar-refractivity contribution in [1.29, 1.82) is 5.26 Å². The van der Waals surface area contributed by atoms with Gasteiger partial charge in [-0.1, -0.05) is 0 Å². The first-order valence-corrected chi connectivity index (χ1v) is 7.42. The largest absolute Gasteiger partial charge is 0.459 e. The fraction of sp³-hybridized carbons (Fsp3) is 0.429. The number of hydrogen-bond donors (Lipinski definition) is 0. The molecule has 0 radical (unpaired) electrons. The van der Waals surface area contributed by atoms with Crippen LogP contribution in [-0.2, 0) is 19.1 Å². The number of carbonyl (C=O) groups excluding carboxylic acids is 2. The van der Waals surface area contributed by atoms with Crippen LogP contribution in [0.4, 0.5) is 5.13 Å². The van der Waals surface area contributed by atoms with Gasteiger partial charge in [0.2, 0.25) is 5.91 Å². The normalized spacial score (nSPS) is 10.9. The van der Waals surface area contributed by atoms with E-state index in [-0.39, 0.29) is 24.7 Å². The maximum absolute atomic E-state index is 11.7. The van der Waals surface area contributed by atoms with Crippen molar-refractivity contribution in [3.05, 3.63) is 16.6 Å². The summed E-state index contributed by atoms with van der Waals surface area (Å²) in [5, 5.41) is 11.2. The number of ether oxygens (including phenoxy) is 2. The van der Waals surface area contributed by atoms with Crippen LogP contribution in [0.15, 0.2) is 11.0 Å². The molecule has 0 saturated heterocycles. The second kappa shape index (κ2) is 8.92. The lowest BCUT2D eigenvalue weighted by atomic mass is 10.2. The van der Waals surface area contributed by atoms with Crippen molar-refractivity contribution in [2.45, 2.75) is 13.8 Å². The summed E-state index contributed by atoms with van der Waals surface area (Å²) in [5.74, 6) is -0.847. The van der Waals surface area contributed by atoms with Crippen LogP contribution < -0.4 is 4.90 Å². The minimum Gasteiger partial charge on any atom is -0.459 e. The molecule has 118 valence electrons. The minimum absolute atomic E-state index is 0.0740. The molecule has 0 aliphatic heterocycles. The maximum atomic E-state index is 11.7. The third-order valence-electron chi connectivity index (χ3n) is 2.59. The van der Waals surface area contributed by atoms with Gasteiger partial charge in [0.05, 0.1) is 12.3 Å². The number of amides is 1. The maximum Gasteiger partial charge on any atom is 0.349 e. The Balaban J connectivity index is 2.86. The van der Waals surface area contributed by atoms with Crippen LogP contribution in [0, 0.1) is 11.3 Å². The van der Waals surface area contributed by atoms with Crippen LogP contribution in [0.1, 0.15) is 19.5 Å². The summed E-state index contributed by atoms with van der Waals surface area (Å²) in [6, 6.07) is 1.78. The van der Waals surface area contributed by atoms with E-state index in [9.17, 15) is 9.59 Å². The number of thiazole rings is 1. The highest BCUT2D eigenvalue weighted by molar-refractivity contribution is 7.14. The molecule has 1 amide bonds. The van der Waals surface area contributed by atoms with E-state index in [4.69, 9.17) is 14.7 Å². The number of aromatic nitrogens is 1. The number of esters is 1. The fourth-order valence-electron chi connectivity index (χ4n) is 1.54. The molecule has 0 bridgehead atoms. The summed E-state index contributed by atoms with van der Waals surface area (Å²) in [5.41, 5.74) is 0.277. The highest BCUT2D eigenvalue weighted by atomic mass is 32.1. The number of anilines is 1. The SMILES string of the molecule is CCN(C(C)=O)c1nc(/C=C(\C#N)C(=O)OCCOC)cs1. The number of nitriles is 1. The number of carbonyl (C=O) groups is 2. The summed E-state index contributed by atoms with van der Waals surface area (Å²) >= 11 is 1.26. The zero-order chi connectivity index (χ0) is 16.5. The predicted molar refractivity (Wildman–Crippen MR) is 82.2 cm³/mol. The van der Waals surface area contributed by atoms with Crippen LogP contribution in [0.2, 0.25) is 0 Å². The van der Waals surface area contributed by atoms with Gasteiger partial charge in [0, 0.05) is 26.0 Å². The molecule has 0 N–H and O–H groups in total. The monoisotopic (exact) mass is 323 g/mol. The van der Waals surface area contributed by atoms with E-state index in [1.807, 2.05) is 6.92 Å². The standard InChI is InChI=1S/C14H17N3O4S/c1-4-17(10(2)18)14-16-12(9-22-14)7-11(8-15)13(19)21-6-5-20-3/h7,9H,4-6H2,1-3H3/b11-7+. The summed E-state index contributed by atoms with van der Waals surface area (Å²) in [6.07, 6.45) is 1.34. The first kappa shape index (κ1) is 17.8. The van der Waals surface area contributed by atoms with E-state index < -0.39 is 5.97 Å². The lowest BCUT2D eigenvalue weighted by Crippen LogP contribution is -2.27. The van der Waals surface area contributed by atoms with E-state index in [2.05, 4.69) is 4.98 Å². The molecular weight excluding hydrogens is 306 g/mol. The summed E-state index contributed by atoms with van der Waals surface area (Å²) in [7, 11) is 1.49. The van der Waals surface area contributed by atoms with E-state index in [1.54, 1.807) is 11.4 Å². The van der Waals surface area contributed by atoms with E-state index in [0.29, 0.717) is 17.4 Å². The Morgan fingerprint density at radius 2 is 2.23 bits per heavy atom. The molecule has 1 heterocycles. The number of hydrogen-bond acceptors (Lipinski definition) is 7. The van der Waals surface area contributed by atoms with Crippen LogP contribution in [-0.4, -0.2) is 43.7 Å². The van der Waals surface area contributed by atoms with Crippen molar-refractivity contribution >= 4 is 34.4 Å². The summed E-state index contributed by atoms with van der Waals surface area (Å²) in [6.45, 7) is 4.12. The van der Waals surface area contributed by atoms with Gasteiger partial charge in [-0.25, -0.2) is 9.78 Å². The molecular formula is C14H17N3O4S. The second-order valence-electron chi connectivity index (χ2n) is 4.12. The minimum atomic E-state index is -0.729. The molecule has 22 heavy (non-hydrogen) atoms. The topological polar surface area (TPSA) is 92.5 Å². The van der Waals surface area contributed by atoms with Crippen LogP contribution in [0.25, 0.3) is 6.08 Å². The van der Waals surface area contributed by atoms with E-state index >= 15 is 0 Å². The molecule has 1 rings (SSSR count). The average Bonchev–Trinajstić information content (AvgIpc) is 2.93. The Morgan fingerprint density at radius 3 is 2.77 bits per heavy atom. The Kier molecular flexibility index (Phi) is 7.22. The number of rotatable bonds is 7. The van der Waals surface area contributed by atoms with Crippen molar-refractivity contribution in [1.82, 2.24) is 4.98 Å². The van der Waals surface area contributed by atoms with E-state index in [1.165, 1.54) is 36.3 Å². The molecule has 7 nitrogen and oxygen atoms in total. The van der Waals surface area contributed by atoms with Gasteiger partial charge in [-0.2, -0.15) is 5.26 Å². The van der Waals surface area contributed by atoms with Gasteiger partial charge in [-0.15, -0.1) is 11.3 Å². The van der Waals surface area contributed by atoms with Crippen molar-refractivity contribution in [2.75, 3.05) is 31.8 Å². The van der Waals surface area contributed by atoms with Crippen molar-refractivity contribution in [3.8, 4) is 6.07 Å². The molecule has 1 aromatic heterocycles. The van der Waals surface area contributed by atoms with Crippen molar-refractivity contribution < 1.29 is 19.1 Å². The smallest absolute Gasteiger partial charge is 0.349 e. The first-order valence-electron chi connectivity index (χ1n) is 6.55. The molecule has 0 unspecified atom stereocenters. The van der Waals surface area contributed by atoms with Gasteiger partial charge in [0.1, 0.15) is 18.2 Å². The van der Waals surface area contributed by atoms with Gasteiger partial charge in [0.15, 0.2) is 5.13 Å². The zero-order valence-electron chi connectivity index (χ0n) is 12.7. The molecule has 0 fully saturated rings.